The molecule has 7 nitrogen and oxygen atoms in total. The van der Waals surface area contributed by atoms with E-state index >= 15 is 0 Å². The molecule has 174 valence electrons. The molecular weight excluding hydrogens is 412 g/mol. The van der Waals surface area contributed by atoms with Crippen molar-refractivity contribution >= 4 is 11.9 Å². The van der Waals surface area contributed by atoms with Gasteiger partial charge in [0.2, 0.25) is 6.10 Å². The molecule has 2 N–H and O–H groups in total. The number of carbonyl (C=O) groups excluding carboxylic acids is 2. The zero-order valence-corrected chi connectivity index (χ0v) is 19.3. The van der Waals surface area contributed by atoms with Gasteiger partial charge in [0.1, 0.15) is 12.2 Å². The van der Waals surface area contributed by atoms with Crippen LogP contribution in [0.1, 0.15) is 55.4 Å². The average Bonchev–Trinajstić information content (AvgIpc) is 3.04. The van der Waals surface area contributed by atoms with Crippen LogP contribution in [0.5, 0.6) is 0 Å². The molecule has 2 aliphatic heterocycles. The minimum atomic E-state index is -1.79. The number of benzene rings is 1. The standard InChI is InChI=1S/C25H32O7/c1-6-11(2)22(27)32-19-18-14(5)21(26)25(29)20-17-13(4)8-7-12(3)15(17)9-16(31-23(19)28)24(18,20)10-30-25/h7-8,11,14,16,18-21,26,29H,6,9-10H2,1-5H3/t11?,14-,16-,18-,19-,20-,21-,24+,25+/m1/s1. The van der Waals surface area contributed by atoms with Gasteiger partial charge in [-0.1, -0.05) is 32.9 Å². The van der Waals surface area contributed by atoms with Gasteiger partial charge in [0.15, 0.2) is 5.79 Å². The van der Waals surface area contributed by atoms with Crippen molar-refractivity contribution in [3.63, 3.8) is 0 Å². The van der Waals surface area contributed by atoms with Crippen LogP contribution in [-0.2, 0) is 30.2 Å². The minimum Gasteiger partial charge on any atom is -0.459 e. The Balaban J connectivity index is 1.70. The molecule has 2 aliphatic carbocycles. The number of aryl methyl sites for hydroxylation is 2. The topological polar surface area (TPSA) is 102 Å². The third-order valence-corrected chi connectivity index (χ3v) is 8.78. The van der Waals surface area contributed by atoms with Gasteiger partial charge >= 0.3 is 11.9 Å². The van der Waals surface area contributed by atoms with Crippen molar-refractivity contribution in [2.75, 3.05) is 6.61 Å². The summed E-state index contributed by atoms with van der Waals surface area (Å²) in [5.41, 5.74) is 3.26. The van der Waals surface area contributed by atoms with Gasteiger partial charge in [-0.2, -0.15) is 0 Å². The van der Waals surface area contributed by atoms with Crippen molar-refractivity contribution in [1.29, 1.82) is 0 Å². The summed E-state index contributed by atoms with van der Waals surface area (Å²) in [7, 11) is 0. The molecule has 0 amide bonds. The maximum atomic E-state index is 13.2. The summed E-state index contributed by atoms with van der Waals surface area (Å²) in [6.45, 7) is 9.57. The maximum absolute atomic E-state index is 13.2. The zero-order valence-electron chi connectivity index (χ0n) is 19.3. The Kier molecular flexibility index (Phi) is 4.79. The van der Waals surface area contributed by atoms with Gasteiger partial charge in [0, 0.05) is 12.3 Å². The van der Waals surface area contributed by atoms with E-state index < -0.39 is 59.2 Å². The molecule has 0 aromatic heterocycles. The summed E-state index contributed by atoms with van der Waals surface area (Å²) in [5.74, 6) is -4.83. The van der Waals surface area contributed by atoms with E-state index in [1.165, 1.54) is 0 Å². The first-order valence-electron chi connectivity index (χ1n) is 11.6. The SMILES string of the molecule is CCC(C)C(=O)O[C@H]1C(=O)O[C@@H]2Cc3c(C)ccc(C)c3[C@H]3[C@]4(O)OC[C@@]23[C@@H]1[C@@H](C)[C@H]4O. The summed E-state index contributed by atoms with van der Waals surface area (Å²) in [4.78, 5) is 25.9. The lowest BCUT2D eigenvalue weighted by Crippen LogP contribution is -2.71. The number of hydrogen-bond acceptors (Lipinski definition) is 7. The Hall–Kier alpha value is -1.96. The first kappa shape index (κ1) is 21.9. The Bertz CT molecular complexity index is 989. The second-order valence-corrected chi connectivity index (χ2v) is 10.3. The first-order valence-corrected chi connectivity index (χ1v) is 11.6. The van der Waals surface area contributed by atoms with E-state index in [1.807, 2.05) is 32.9 Å². The second-order valence-electron chi connectivity index (χ2n) is 10.3. The Labute approximate surface area is 188 Å². The van der Waals surface area contributed by atoms with Crippen LogP contribution in [-0.4, -0.2) is 52.9 Å². The minimum absolute atomic E-state index is 0.127. The summed E-state index contributed by atoms with van der Waals surface area (Å²) in [5, 5.41) is 23.0. The Morgan fingerprint density at radius 2 is 2.00 bits per heavy atom. The van der Waals surface area contributed by atoms with Crippen molar-refractivity contribution in [3.8, 4) is 0 Å². The smallest absolute Gasteiger partial charge is 0.348 e. The molecule has 1 saturated carbocycles. The molecule has 4 aliphatic rings. The number of hydrogen-bond donors (Lipinski definition) is 2. The first-order chi connectivity index (χ1) is 15.1. The van der Waals surface area contributed by atoms with E-state index in [0.29, 0.717) is 12.8 Å². The van der Waals surface area contributed by atoms with Gasteiger partial charge in [0.25, 0.3) is 0 Å². The van der Waals surface area contributed by atoms with Crippen molar-refractivity contribution in [2.24, 2.45) is 23.2 Å². The molecule has 32 heavy (non-hydrogen) atoms. The Morgan fingerprint density at radius 1 is 1.31 bits per heavy atom. The monoisotopic (exact) mass is 444 g/mol. The molecule has 7 heteroatoms. The summed E-state index contributed by atoms with van der Waals surface area (Å²) in [6.07, 6.45) is -1.81. The molecule has 2 heterocycles. The fraction of sp³-hybridized carbons (Fsp3) is 0.680. The number of ether oxygens (including phenoxy) is 3. The van der Waals surface area contributed by atoms with Crippen LogP contribution >= 0.6 is 0 Å². The lowest BCUT2D eigenvalue weighted by molar-refractivity contribution is -0.282. The molecule has 2 bridgehead atoms. The van der Waals surface area contributed by atoms with Gasteiger partial charge < -0.3 is 24.4 Å². The highest BCUT2D eigenvalue weighted by molar-refractivity contribution is 5.82. The number of esters is 2. The third-order valence-electron chi connectivity index (χ3n) is 8.78. The van der Waals surface area contributed by atoms with Crippen LogP contribution in [0.4, 0.5) is 0 Å². The lowest BCUT2D eigenvalue weighted by Gasteiger charge is -2.60. The van der Waals surface area contributed by atoms with Crippen LogP contribution in [0.2, 0.25) is 0 Å². The number of fused-ring (bicyclic) bond motifs is 1. The number of carbonyl (C=O) groups is 2. The fourth-order valence-electron chi connectivity index (χ4n) is 6.90. The number of aliphatic hydroxyl groups is 2. The fourth-order valence-corrected chi connectivity index (χ4v) is 6.90. The van der Waals surface area contributed by atoms with E-state index in [2.05, 4.69) is 0 Å². The predicted octanol–water partition coefficient (Wildman–Crippen LogP) is 2.16. The number of rotatable bonds is 3. The summed E-state index contributed by atoms with van der Waals surface area (Å²) in [6, 6.07) is 4.04. The largest absolute Gasteiger partial charge is 0.459 e. The van der Waals surface area contributed by atoms with Crippen molar-refractivity contribution in [1.82, 2.24) is 0 Å². The van der Waals surface area contributed by atoms with Crippen LogP contribution in [0.3, 0.4) is 0 Å². The molecule has 2 saturated heterocycles. The lowest BCUT2D eigenvalue weighted by atomic mass is 9.46. The van der Waals surface area contributed by atoms with Gasteiger partial charge in [-0.25, -0.2) is 4.79 Å². The molecule has 1 aromatic carbocycles. The van der Waals surface area contributed by atoms with Crippen LogP contribution in [0, 0.1) is 37.0 Å². The van der Waals surface area contributed by atoms with Gasteiger partial charge in [-0.15, -0.1) is 0 Å². The molecule has 1 spiro atoms. The normalized spacial score (nSPS) is 42.5. The molecule has 9 atom stereocenters. The van der Waals surface area contributed by atoms with Crippen LogP contribution in [0.25, 0.3) is 0 Å². The molecule has 3 fully saturated rings. The van der Waals surface area contributed by atoms with Crippen molar-refractivity contribution in [3.05, 3.63) is 34.4 Å². The predicted molar refractivity (Wildman–Crippen MR) is 114 cm³/mol. The second kappa shape index (κ2) is 7.02. The quantitative estimate of drug-likeness (QED) is 0.689. The van der Waals surface area contributed by atoms with Crippen molar-refractivity contribution < 1.29 is 34.0 Å². The van der Waals surface area contributed by atoms with Gasteiger partial charge in [-0.3, -0.25) is 4.79 Å². The third kappa shape index (κ3) is 2.53. The van der Waals surface area contributed by atoms with Gasteiger partial charge in [-0.05, 0) is 48.4 Å². The van der Waals surface area contributed by atoms with Gasteiger partial charge in [0.05, 0.1) is 23.9 Å². The van der Waals surface area contributed by atoms with Crippen LogP contribution < -0.4 is 0 Å². The Morgan fingerprint density at radius 3 is 2.69 bits per heavy atom. The molecule has 1 aromatic rings. The molecular formula is C25H32O7. The molecule has 5 rings (SSSR count). The van der Waals surface area contributed by atoms with E-state index in [4.69, 9.17) is 14.2 Å². The van der Waals surface area contributed by atoms with E-state index in [1.54, 1.807) is 13.8 Å². The molecule has 1 unspecified atom stereocenters. The number of aliphatic hydroxyl groups excluding tert-OH is 1. The highest BCUT2D eigenvalue weighted by Gasteiger charge is 2.78. The van der Waals surface area contributed by atoms with Crippen molar-refractivity contribution in [2.45, 2.75) is 77.5 Å². The van der Waals surface area contributed by atoms with E-state index in [0.717, 1.165) is 22.3 Å². The highest BCUT2D eigenvalue weighted by Crippen LogP contribution is 2.69. The van der Waals surface area contributed by atoms with E-state index in [-0.39, 0.29) is 12.5 Å². The maximum Gasteiger partial charge on any atom is 0.348 e. The summed E-state index contributed by atoms with van der Waals surface area (Å²) < 4.78 is 17.7. The average molecular weight is 445 g/mol. The molecule has 0 radical (unpaired) electrons. The highest BCUT2D eigenvalue weighted by atomic mass is 16.7. The summed E-state index contributed by atoms with van der Waals surface area (Å²) >= 11 is 0. The van der Waals surface area contributed by atoms with E-state index in [9.17, 15) is 19.8 Å². The zero-order chi connectivity index (χ0) is 23.2. The van der Waals surface area contributed by atoms with Crippen LogP contribution in [0.15, 0.2) is 12.1 Å².